The van der Waals surface area contributed by atoms with E-state index in [0.717, 1.165) is 0 Å². The molecule has 0 amide bonds. The van der Waals surface area contributed by atoms with E-state index in [2.05, 4.69) is 128 Å². The van der Waals surface area contributed by atoms with Crippen LogP contribution in [0.15, 0.2) is 59.5 Å². The van der Waals surface area contributed by atoms with Gasteiger partial charge in [-0.05, 0) is 0 Å². The van der Waals surface area contributed by atoms with E-state index in [1.165, 1.54) is 49.4 Å². The van der Waals surface area contributed by atoms with Gasteiger partial charge in [-0.25, -0.2) is 0 Å². The van der Waals surface area contributed by atoms with Crippen LogP contribution < -0.4 is 0 Å². The summed E-state index contributed by atoms with van der Waals surface area (Å²) in [6, 6.07) is 21.1. The van der Waals surface area contributed by atoms with Gasteiger partial charge in [-0.15, -0.1) is 0 Å². The molecule has 0 unspecified atom stereocenters. The predicted molar refractivity (Wildman–Crippen MR) is 157 cm³/mol. The zero-order valence-corrected chi connectivity index (χ0v) is 27.2. The van der Waals surface area contributed by atoms with E-state index < -0.39 is 20.3 Å². The Morgan fingerprint density at radius 1 is 0.500 bits per heavy atom. The van der Waals surface area contributed by atoms with Crippen molar-refractivity contribution in [2.75, 3.05) is 0 Å². The third-order valence-corrected chi connectivity index (χ3v) is 13.9. The van der Waals surface area contributed by atoms with Gasteiger partial charge in [-0.1, -0.05) is 0 Å². The van der Waals surface area contributed by atoms with Crippen LogP contribution in [0.4, 0.5) is 0 Å². The molecule has 0 saturated heterocycles. The van der Waals surface area contributed by atoms with E-state index >= 15 is 0 Å². The van der Waals surface area contributed by atoms with Crippen LogP contribution in [-0.4, -0.2) is 20.3 Å². The summed E-state index contributed by atoms with van der Waals surface area (Å²) in [5, 5.41) is 0. The van der Waals surface area contributed by atoms with Crippen molar-refractivity contribution in [1.29, 1.82) is 0 Å². The molecule has 182 valence electrons. The summed E-state index contributed by atoms with van der Waals surface area (Å²) in [6.07, 6.45) is 0. The average Bonchev–Trinajstić information content (AvgIpc) is 2.77. The molecule has 0 bridgehead atoms. The van der Waals surface area contributed by atoms with Crippen molar-refractivity contribution in [2.45, 2.75) is 93.2 Å². The molecule has 3 aromatic rings. The van der Waals surface area contributed by atoms with Crippen molar-refractivity contribution < 1.29 is 0 Å². The van der Waals surface area contributed by atoms with Crippen LogP contribution in [-0.2, 0) is 0 Å². The number of hydrogen-bond donors (Lipinski definition) is 0. The Morgan fingerprint density at radius 2 is 0.794 bits per heavy atom. The van der Waals surface area contributed by atoms with Crippen LogP contribution in [0, 0.1) is 0 Å². The van der Waals surface area contributed by atoms with Crippen molar-refractivity contribution in [3.05, 3.63) is 76.9 Å². The van der Waals surface area contributed by atoms with Gasteiger partial charge in [0.15, 0.2) is 0 Å². The van der Waals surface area contributed by atoms with Gasteiger partial charge in [-0.3, -0.25) is 0 Å². The molecule has 3 aromatic carbocycles. The third kappa shape index (κ3) is 5.82. The summed E-state index contributed by atoms with van der Waals surface area (Å²) < 4.78 is 5.05. The van der Waals surface area contributed by atoms with Gasteiger partial charge in [-0.2, -0.15) is 0 Å². The maximum atomic E-state index is 2.52. The first kappa shape index (κ1) is 27.5. The molecule has 2 heteroatoms. The van der Waals surface area contributed by atoms with E-state index in [4.69, 9.17) is 0 Å². The molecule has 0 fully saturated rings. The first-order valence-electron chi connectivity index (χ1n) is 12.8. The van der Waals surface area contributed by atoms with E-state index in [-0.39, 0.29) is 0 Å². The number of rotatable bonds is 8. The van der Waals surface area contributed by atoms with E-state index in [0.29, 0.717) is 23.7 Å². The molecule has 0 aliphatic heterocycles. The van der Waals surface area contributed by atoms with Crippen LogP contribution in [0.5, 0.6) is 0 Å². The van der Waals surface area contributed by atoms with Gasteiger partial charge in [0.25, 0.3) is 0 Å². The molecular weight excluding hydrogens is 625 g/mol. The van der Waals surface area contributed by atoms with Crippen molar-refractivity contribution in [1.82, 2.24) is 0 Å². The summed E-state index contributed by atoms with van der Waals surface area (Å²) in [4.78, 5) is 1.52. The summed E-state index contributed by atoms with van der Waals surface area (Å²) in [5.74, 6) is 1.97. The van der Waals surface area contributed by atoms with Gasteiger partial charge in [0, 0.05) is 0 Å². The maximum absolute atomic E-state index is 2.52. The Kier molecular flexibility index (Phi) is 9.50. The molecule has 0 aromatic heterocycles. The minimum atomic E-state index is -1.62. The Balaban J connectivity index is 2.48. The molecular formula is C32H43BiS. The van der Waals surface area contributed by atoms with Crippen LogP contribution in [0.2, 0.25) is 9.26 Å². The van der Waals surface area contributed by atoms with Crippen LogP contribution in [0.25, 0.3) is 22.3 Å². The monoisotopic (exact) mass is 668 g/mol. The van der Waals surface area contributed by atoms with Gasteiger partial charge in [0.1, 0.15) is 0 Å². The van der Waals surface area contributed by atoms with Crippen molar-refractivity contribution >= 4 is 28.8 Å². The first-order chi connectivity index (χ1) is 16.0. The average molecular weight is 669 g/mol. The molecule has 0 aliphatic carbocycles. The third-order valence-electron chi connectivity index (χ3n) is 6.57. The first-order valence-corrected chi connectivity index (χ1v) is 24.8. The molecule has 0 N–H and O–H groups in total. The second kappa shape index (κ2) is 11.8. The quantitative estimate of drug-likeness (QED) is 0.215. The molecule has 34 heavy (non-hydrogen) atoms. The Bertz CT molecular complexity index is 988. The van der Waals surface area contributed by atoms with Crippen molar-refractivity contribution in [3.63, 3.8) is 0 Å². The van der Waals surface area contributed by atoms with Gasteiger partial charge < -0.3 is 0 Å². The van der Waals surface area contributed by atoms with Gasteiger partial charge in [0.2, 0.25) is 0 Å². The number of hydrogen-bond acceptors (Lipinski definition) is 1. The molecule has 0 nitrogen and oxygen atoms in total. The summed E-state index contributed by atoms with van der Waals surface area (Å²) >= 11 is -1.62. The molecule has 0 spiro atoms. The van der Waals surface area contributed by atoms with Crippen LogP contribution in [0.3, 0.4) is 0 Å². The van der Waals surface area contributed by atoms with Gasteiger partial charge in [0.05, 0.1) is 0 Å². The second-order valence-electron chi connectivity index (χ2n) is 10.8. The van der Waals surface area contributed by atoms with Crippen LogP contribution in [0.1, 0.15) is 101 Å². The predicted octanol–water partition coefficient (Wildman–Crippen LogP) is 10.9. The molecule has 0 aliphatic rings. The molecule has 0 radical (unpaired) electrons. The fraction of sp³-hybridized carbons (Fsp3) is 0.438. The zero-order chi connectivity index (χ0) is 25.2. The zero-order valence-electron chi connectivity index (χ0n) is 22.9. The van der Waals surface area contributed by atoms with Crippen molar-refractivity contribution in [2.24, 2.45) is 0 Å². The topological polar surface area (TPSA) is 0 Å². The minimum absolute atomic E-state index is 0.492. The summed E-state index contributed by atoms with van der Waals surface area (Å²) in [6.45, 7) is 18.7. The molecule has 3 rings (SSSR count). The van der Waals surface area contributed by atoms with Crippen molar-refractivity contribution in [3.8, 4) is 22.3 Å². The normalized spacial score (nSPS) is 12.1. The Labute approximate surface area is 219 Å². The standard InChI is InChI=1S/C30H38S.2CH3.Bi/c1-18(2)22-12-9-13-23(19(3)4)28(22)26-16-11-17-27(30(26)31)29-24(20(5)6)14-10-15-25(29)21(7)8;;;/h9-21,31H,1-8H3;2*1H3;/q;;;+1/p-1. The second-order valence-corrected chi connectivity index (χ2v) is 26.3. The molecule has 0 atom stereocenters. The van der Waals surface area contributed by atoms with Crippen LogP contribution >= 0.6 is 8.52 Å². The van der Waals surface area contributed by atoms with E-state index in [1.807, 2.05) is 0 Å². The summed E-state index contributed by atoms with van der Waals surface area (Å²) in [7, 11) is 2.23. The fourth-order valence-corrected chi connectivity index (χ4v) is 12.4. The van der Waals surface area contributed by atoms with E-state index in [1.54, 1.807) is 0 Å². The molecule has 0 saturated carbocycles. The van der Waals surface area contributed by atoms with Gasteiger partial charge >= 0.3 is 221 Å². The Hall–Kier alpha value is -1.11. The Morgan fingerprint density at radius 3 is 1.06 bits per heavy atom. The van der Waals surface area contributed by atoms with E-state index in [9.17, 15) is 0 Å². The molecule has 0 heterocycles. The SMILES string of the molecule is CC(C)c1cccc(C(C)C)c1-c1cccc(-c2c(C(C)C)cccc2C(C)C)c1[S][Bi]([CH3])[CH3]. The number of benzene rings is 3. The fourth-order valence-electron chi connectivity index (χ4n) is 4.94. The summed E-state index contributed by atoms with van der Waals surface area (Å²) in [5.41, 5.74) is 11.8.